The van der Waals surface area contributed by atoms with Crippen molar-refractivity contribution in [1.29, 1.82) is 0 Å². The van der Waals surface area contributed by atoms with Crippen molar-refractivity contribution in [2.45, 2.75) is 6.42 Å². The number of thiazole rings is 1. The van der Waals surface area contributed by atoms with Crippen molar-refractivity contribution < 1.29 is 0 Å². The molecular weight excluding hydrogens is 296 g/mol. The summed E-state index contributed by atoms with van der Waals surface area (Å²) < 4.78 is 1.05. The summed E-state index contributed by atoms with van der Waals surface area (Å²) in [4.78, 5) is 5.15. The predicted octanol–water partition coefficient (Wildman–Crippen LogP) is 3.73. The maximum atomic E-state index is 5.93. The number of anilines is 1. The molecule has 78 valence electrons. The van der Waals surface area contributed by atoms with E-state index >= 15 is 0 Å². The lowest BCUT2D eigenvalue weighted by molar-refractivity contribution is 1.20. The first kappa shape index (κ1) is 10.9. The number of hydrogen-bond donors (Lipinski definition) is 1. The first-order valence-electron chi connectivity index (χ1n) is 4.29. The molecule has 0 spiro atoms. The fourth-order valence-electron chi connectivity index (χ4n) is 1.27. The van der Waals surface area contributed by atoms with E-state index in [1.54, 1.807) is 6.20 Å². The lowest BCUT2D eigenvalue weighted by Gasteiger charge is -2.02. The Labute approximate surface area is 105 Å². The topological polar surface area (TPSA) is 38.9 Å². The van der Waals surface area contributed by atoms with Crippen LogP contribution in [0, 0.1) is 0 Å². The van der Waals surface area contributed by atoms with E-state index in [0.717, 1.165) is 26.4 Å². The number of nitrogen functional groups attached to an aromatic ring is 1. The van der Waals surface area contributed by atoms with Crippen molar-refractivity contribution in [2.75, 3.05) is 5.73 Å². The van der Waals surface area contributed by atoms with E-state index in [0.29, 0.717) is 5.13 Å². The number of halogens is 2. The molecular formula is C10H8BrClN2S. The largest absolute Gasteiger partial charge is 0.375 e. The van der Waals surface area contributed by atoms with Gasteiger partial charge in [0.25, 0.3) is 0 Å². The average molecular weight is 304 g/mol. The second kappa shape index (κ2) is 4.51. The number of nitrogens with zero attached hydrogens (tertiary/aromatic N) is 1. The summed E-state index contributed by atoms with van der Waals surface area (Å²) in [5, 5.41) is 1.34. The van der Waals surface area contributed by atoms with Gasteiger partial charge in [-0.25, -0.2) is 4.98 Å². The highest BCUT2D eigenvalue weighted by atomic mass is 79.9. The van der Waals surface area contributed by atoms with Crippen molar-refractivity contribution in [3.63, 3.8) is 0 Å². The zero-order chi connectivity index (χ0) is 10.8. The van der Waals surface area contributed by atoms with Crippen LogP contribution >= 0.6 is 38.9 Å². The van der Waals surface area contributed by atoms with Gasteiger partial charge in [0.15, 0.2) is 5.13 Å². The SMILES string of the molecule is Nc1ncc(Cc2cc(Cl)ccc2Br)s1. The van der Waals surface area contributed by atoms with Crippen LogP contribution < -0.4 is 5.73 Å². The molecule has 0 fully saturated rings. The Morgan fingerprint density at radius 3 is 2.93 bits per heavy atom. The van der Waals surface area contributed by atoms with Gasteiger partial charge in [0, 0.05) is 27.0 Å². The molecule has 2 rings (SSSR count). The third-order valence-electron chi connectivity index (χ3n) is 1.94. The van der Waals surface area contributed by atoms with Crippen LogP contribution in [0.3, 0.4) is 0 Å². The maximum absolute atomic E-state index is 5.93. The zero-order valence-corrected chi connectivity index (χ0v) is 10.9. The van der Waals surface area contributed by atoms with Crippen LogP contribution in [-0.2, 0) is 6.42 Å². The van der Waals surface area contributed by atoms with Crippen molar-refractivity contribution in [2.24, 2.45) is 0 Å². The summed E-state index contributed by atoms with van der Waals surface area (Å²) in [6.45, 7) is 0. The van der Waals surface area contributed by atoms with Gasteiger partial charge < -0.3 is 5.73 Å². The third-order valence-corrected chi connectivity index (χ3v) is 3.78. The third kappa shape index (κ3) is 2.71. The van der Waals surface area contributed by atoms with Gasteiger partial charge in [0.1, 0.15) is 0 Å². The molecule has 1 aromatic carbocycles. The van der Waals surface area contributed by atoms with E-state index < -0.39 is 0 Å². The monoisotopic (exact) mass is 302 g/mol. The van der Waals surface area contributed by atoms with E-state index in [-0.39, 0.29) is 0 Å². The first-order valence-corrected chi connectivity index (χ1v) is 6.28. The molecule has 0 aliphatic heterocycles. The van der Waals surface area contributed by atoms with Gasteiger partial charge in [-0.2, -0.15) is 0 Å². The Morgan fingerprint density at radius 1 is 1.47 bits per heavy atom. The van der Waals surface area contributed by atoms with Crippen molar-refractivity contribution >= 4 is 44.0 Å². The fourth-order valence-corrected chi connectivity index (χ4v) is 2.56. The molecule has 0 saturated carbocycles. The molecule has 1 aromatic heterocycles. The Balaban J connectivity index is 2.27. The fraction of sp³-hybridized carbons (Fsp3) is 0.100. The molecule has 2 aromatic rings. The minimum absolute atomic E-state index is 0.600. The van der Waals surface area contributed by atoms with Crippen LogP contribution in [0.5, 0.6) is 0 Å². The van der Waals surface area contributed by atoms with Crippen LogP contribution in [0.15, 0.2) is 28.9 Å². The smallest absolute Gasteiger partial charge is 0.180 e. The Bertz CT molecular complexity index is 484. The second-order valence-corrected chi connectivity index (χ2v) is 5.51. The number of aromatic nitrogens is 1. The Morgan fingerprint density at radius 2 is 2.27 bits per heavy atom. The van der Waals surface area contributed by atoms with Crippen LogP contribution in [0.2, 0.25) is 5.02 Å². The zero-order valence-electron chi connectivity index (χ0n) is 7.71. The number of hydrogen-bond acceptors (Lipinski definition) is 3. The average Bonchev–Trinajstić information content (AvgIpc) is 2.58. The summed E-state index contributed by atoms with van der Waals surface area (Å²) >= 11 is 10.9. The molecule has 15 heavy (non-hydrogen) atoms. The molecule has 0 aliphatic carbocycles. The molecule has 0 bridgehead atoms. The molecule has 0 atom stereocenters. The van der Waals surface area contributed by atoms with E-state index in [9.17, 15) is 0 Å². The summed E-state index contributed by atoms with van der Waals surface area (Å²) in [6.07, 6.45) is 2.60. The predicted molar refractivity (Wildman–Crippen MR) is 68.5 cm³/mol. The van der Waals surface area contributed by atoms with Crippen LogP contribution in [0.1, 0.15) is 10.4 Å². The number of nitrogens with two attached hydrogens (primary N) is 1. The van der Waals surface area contributed by atoms with Crippen LogP contribution in [0.4, 0.5) is 5.13 Å². The molecule has 0 radical (unpaired) electrons. The quantitative estimate of drug-likeness (QED) is 0.918. The van der Waals surface area contributed by atoms with E-state index in [2.05, 4.69) is 20.9 Å². The van der Waals surface area contributed by atoms with Gasteiger partial charge >= 0.3 is 0 Å². The maximum Gasteiger partial charge on any atom is 0.180 e. The molecule has 0 amide bonds. The van der Waals surface area contributed by atoms with E-state index in [1.807, 2.05) is 18.2 Å². The Hall–Kier alpha value is -0.580. The lowest BCUT2D eigenvalue weighted by Crippen LogP contribution is -1.86. The molecule has 0 saturated heterocycles. The Kier molecular flexibility index (Phi) is 3.29. The summed E-state index contributed by atoms with van der Waals surface area (Å²) in [6, 6.07) is 5.75. The normalized spacial score (nSPS) is 10.5. The summed E-state index contributed by atoms with van der Waals surface area (Å²) in [7, 11) is 0. The van der Waals surface area contributed by atoms with E-state index in [1.165, 1.54) is 11.3 Å². The first-order chi connectivity index (χ1) is 7.15. The van der Waals surface area contributed by atoms with E-state index in [4.69, 9.17) is 17.3 Å². The second-order valence-electron chi connectivity index (χ2n) is 3.08. The van der Waals surface area contributed by atoms with Gasteiger partial charge in [-0.3, -0.25) is 0 Å². The van der Waals surface area contributed by atoms with Crippen LogP contribution in [0.25, 0.3) is 0 Å². The van der Waals surface area contributed by atoms with Crippen molar-refractivity contribution in [3.05, 3.63) is 44.3 Å². The minimum atomic E-state index is 0.600. The lowest BCUT2D eigenvalue weighted by atomic mass is 10.1. The molecule has 0 unspecified atom stereocenters. The van der Waals surface area contributed by atoms with Gasteiger partial charge in [0.2, 0.25) is 0 Å². The molecule has 5 heteroatoms. The highest BCUT2D eigenvalue weighted by molar-refractivity contribution is 9.10. The molecule has 0 aliphatic rings. The minimum Gasteiger partial charge on any atom is -0.375 e. The van der Waals surface area contributed by atoms with Crippen LogP contribution in [-0.4, -0.2) is 4.98 Å². The van der Waals surface area contributed by atoms with Gasteiger partial charge in [0.05, 0.1) is 0 Å². The van der Waals surface area contributed by atoms with Gasteiger partial charge in [-0.1, -0.05) is 27.5 Å². The standard InChI is InChI=1S/C10H8BrClN2S/c11-9-2-1-7(12)3-6(9)4-8-5-14-10(13)15-8/h1-3,5H,4H2,(H2,13,14). The van der Waals surface area contributed by atoms with Crippen molar-refractivity contribution in [3.8, 4) is 0 Å². The number of benzene rings is 1. The molecule has 2 N–H and O–H groups in total. The summed E-state index contributed by atoms with van der Waals surface area (Å²) in [5.41, 5.74) is 6.71. The number of rotatable bonds is 2. The molecule has 2 nitrogen and oxygen atoms in total. The summed E-state index contributed by atoms with van der Waals surface area (Å²) in [5.74, 6) is 0. The van der Waals surface area contributed by atoms with Gasteiger partial charge in [-0.15, -0.1) is 11.3 Å². The highest BCUT2D eigenvalue weighted by Crippen LogP contribution is 2.26. The van der Waals surface area contributed by atoms with Gasteiger partial charge in [-0.05, 0) is 23.8 Å². The van der Waals surface area contributed by atoms with Crippen molar-refractivity contribution in [1.82, 2.24) is 4.98 Å². The highest BCUT2D eigenvalue weighted by Gasteiger charge is 2.05. The molecule has 1 heterocycles.